The summed E-state index contributed by atoms with van der Waals surface area (Å²) < 4.78 is 0. The molecule has 1 aliphatic rings. The van der Waals surface area contributed by atoms with Gasteiger partial charge in [-0.05, 0) is 55.8 Å². The molecule has 0 bridgehead atoms. The van der Waals surface area contributed by atoms with Gasteiger partial charge in [0.05, 0.1) is 0 Å². The predicted molar refractivity (Wildman–Crippen MR) is 81.4 cm³/mol. The van der Waals surface area contributed by atoms with E-state index in [1.54, 1.807) is 5.56 Å². The number of hydrogen-bond donors (Lipinski definition) is 1. The van der Waals surface area contributed by atoms with Crippen molar-refractivity contribution in [3.05, 3.63) is 29.8 Å². The summed E-state index contributed by atoms with van der Waals surface area (Å²) in [6, 6.07) is 8.95. The zero-order valence-electron chi connectivity index (χ0n) is 11.8. The van der Waals surface area contributed by atoms with Gasteiger partial charge in [0.2, 0.25) is 0 Å². The van der Waals surface area contributed by atoms with Crippen LogP contribution in [0.4, 0.5) is 0 Å². The van der Waals surface area contributed by atoms with E-state index in [1.807, 2.05) is 11.8 Å². The molecule has 1 nitrogen and oxygen atoms in total. The second-order valence-electron chi connectivity index (χ2n) is 5.83. The van der Waals surface area contributed by atoms with Crippen LogP contribution >= 0.6 is 11.8 Å². The third kappa shape index (κ3) is 3.52. The van der Waals surface area contributed by atoms with Crippen LogP contribution in [0.25, 0.3) is 0 Å². The molecule has 1 aliphatic heterocycles. The molecule has 100 valence electrons. The number of rotatable bonds is 6. The lowest BCUT2D eigenvalue weighted by molar-refractivity contribution is 0.358. The summed E-state index contributed by atoms with van der Waals surface area (Å²) in [5.41, 5.74) is 1.59. The maximum atomic E-state index is 3.36. The zero-order chi connectivity index (χ0) is 13.0. The lowest BCUT2D eigenvalue weighted by Crippen LogP contribution is -2.22. The highest BCUT2D eigenvalue weighted by Gasteiger charge is 2.25. The summed E-state index contributed by atoms with van der Waals surface area (Å²) in [6.07, 6.45) is 2.67. The van der Waals surface area contributed by atoms with E-state index in [1.165, 1.54) is 23.5 Å². The summed E-state index contributed by atoms with van der Waals surface area (Å²) in [5.74, 6) is 3.65. The summed E-state index contributed by atoms with van der Waals surface area (Å²) >= 11 is 2.03. The Bertz CT molecular complexity index is 375. The molecule has 1 heterocycles. The molecule has 0 spiro atoms. The van der Waals surface area contributed by atoms with Gasteiger partial charge < -0.3 is 5.32 Å². The van der Waals surface area contributed by atoms with Crippen molar-refractivity contribution >= 4 is 11.8 Å². The van der Waals surface area contributed by atoms with Crippen molar-refractivity contribution in [2.45, 2.75) is 37.5 Å². The van der Waals surface area contributed by atoms with E-state index in [2.05, 4.69) is 50.5 Å². The summed E-state index contributed by atoms with van der Waals surface area (Å²) in [4.78, 5) is 1.51. The normalized spacial score (nSPS) is 20.1. The number of hydrogen-bond acceptors (Lipinski definition) is 2. The molecule has 0 aliphatic carbocycles. The van der Waals surface area contributed by atoms with Crippen LogP contribution < -0.4 is 5.32 Å². The van der Waals surface area contributed by atoms with Gasteiger partial charge in [-0.15, -0.1) is 11.8 Å². The maximum Gasteiger partial charge on any atom is 0.0107 e. The van der Waals surface area contributed by atoms with Crippen molar-refractivity contribution in [1.29, 1.82) is 0 Å². The first kappa shape index (κ1) is 14.0. The highest BCUT2D eigenvalue weighted by Crippen LogP contribution is 2.42. The van der Waals surface area contributed by atoms with Crippen LogP contribution in [0.15, 0.2) is 29.2 Å². The molecule has 2 rings (SSSR count). The van der Waals surface area contributed by atoms with Gasteiger partial charge >= 0.3 is 0 Å². The van der Waals surface area contributed by atoms with Gasteiger partial charge in [0.25, 0.3) is 0 Å². The van der Waals surface area contributed by atoms with Crippen LogP contribution in [-0.2, 0) is 0 Å². The number of benzene rings is 1. The molecule has 0 saturated carbocycles. The molecule has 1 N–H and O–H groups in total. The van der Waals surface area contributed by atoms with Gasteiger partial charge in [0.15, 0.2) is 0 Å². The van der Waals surface area contributed by atoms with E-state index in [-0.39, 0.29) is 0 Å². The van der Waals surface area contributed by atoms with Gasteiger partial charge in [0.1, 0.15) is 0 Å². The smallest absolute Gasteiger partial charge is 0.0107 e. The second kappa shape index (κ2) is 6.63. The lowest BCUT2D eigenvalue weighted by Gasteiger charge is -2.22. The summed E-state index contributed by atoms with van der Waals surface area (Å²) in [6.45, 7) is 5.82. The molecule has 0 saturated heterocycles. The van der Waals surface area contributed by atoms with Gasteiger partial charge in [0, 0.05) is 10.6 Å². The molecule has 0 amide bonds. The molecule has 0 aromatic heterocycles. The SMILES string of the molecule is CNCC(CC(C)C)CC1CSc2ccccc21. The van der Waals surface area contributed by atoms with Gasteiger partial charge in [-0.2, -0.15) is 0 Å². The lowest BCUT2D eigenvalue weighted by atomic mass is 9.85. The Labute approximate surface area is 116 Å². The van der Waals surface area contributed by atoms with Crippen LogP contribution in [0.2, 0.25) is 0 Å². The molecule has 2 unspecified atom stereocenters. The Kier molecular flexibility index (Phi) is 5.13. The van der Waals surface area contributed by atoms with Gasteiger partial charge in [-0.1, -0.05) is 32.0 Å². The first-order valence-corrected chi connectivity index (χ1v) is 8.05. The molecule has 2 heteroatoms. The van der Waals surface area contributed by atoms with Crippen molar-refractivity contribution in [3.63, 3.8) is 0 Å². The Hall–Kier alpha value is -0.470. The van der Waals surface area contributed by atoms with Crippen molar-refractivity contribution in [3.8, 4) is 0 Å². The fraction of sp³-hybridized carbons (Fsp3) is 0.625. The molecule has 1 aromatic rings. The van der Waals surface area contributed by atoms with E-state index < -0.39 is 0 Å². The maximum absolute atomic E-state index is 3.36. The summed E-state index contributed by atoms with van der Waals surface area (Å²) in [5, 5.41) is 3.36. The Morgan fingerprint density at radius 3 is 2.83 bits per heavy atom. The highest BCUT2D eigenvalue weighted by atomic mass is 32.2. The van der Waals surface area contributed by atoms with Crippen LogP contribution in [0.5, 0.6) is 0 Å². The standard InChI is InChI=1S/C16H25NS/c1-12(2)8-13(10-17-3)9-14-11-18-16-7-5-4-6-15(14)16/h4-7,12-14,17H,8-11H2,1-3H3. The third-order valence-corrected chi connectivity index (χ3v) is 4.97. The van der Waals surface area contributed by atoms with E-state index in [4.69, 9.17) is 0 Å². The van der Waals surface area contributed by atoms with Crippen LogP contribution in [0.3, 0.4) is 0 Å². The first-order chi connectivity index (χ1) is 8.70. The number of nitrogens with one attached hydrogen (secondary N) is 1. The first-order valence-electron chi connectivity index (χ1n) is 7.07. The van der Waals surface area contributed by atoms with E-state index in [0.717, 1.165) is 24.3 Å². The predicted octanol–water partition coefficient (Wildman–Crippen LogP) is 4.15. The number of fused-ring (bicyclic) bond motifs is 1. The van der Waals surface area contributed by atoms with Gasteiger partial charge in [-0.25, -0.2) is 0 Å². The average Bonchev–Trinajstić information content (AvgIpc) is 2.72. The molecule has 2 atom stereocenters. The molecular formula is C16H25NS. The Morgan fingerprint density at radius 2 is 2.11 bits per heavy atom. The van der Waals surface area contributed by atoms with E-state index >= 15 is 0 Å². The topological polar surface area (TPSA) is 12.0 Å². The van der Waals surface area contributed by atoms with E-state index in [9.17, 15) is 0 Å². The van der Waals surface area contributed by atoms with Crippen molar-refractivity contribution < 1.29 is 0 Å². The fourth-order valence-electron chi connectivity index (χ4n) is 3.05. The van der Waals surface area contributed by atoms with Crippen LogP contribution in [-0.4, -0.2) is 19.3 Å². The molecular weight excluding hydrogens is 238 g/mol. The number of thioether (sulfide) groups is 1. The minimum absolute atomic E-state index is 0.767. The minimum atomic E-state index is 0.767. The van der Waals surface area contributed by atoms with Crippen molar-refractivity contribution in [2.24, 2.45) is 11.8 Å². The Morgan fingerprint density at radius 1 is 1.33 bits per heavy atom. The second-order valence-corrected chi connectivity index (χ2v) is 6.90. The monoisotopic (exact) mass is 263 g/mol. The van der Waals surface area contributed by atoms with Crippen LogP contribution in [0, 0.1) is 11.8 Å². The van der Waals surface area contributed by atoms with Crippen LogP contribution in [0.1, 0.15) is 38.2 Å². The molecule has 0 radical (unpaired) electrons. The molecule has 1 aromatic carbocycles. The Balaban J connectivity index is 2.00. The molecule has 18 heavy (non-hydrogen) atoms. The summed E-state index contributed by atoms with van der Waals surface area (Å²) in [7, 11) is 2.07. The molecule has 0 fully saturated rings. The average molecular weight is 263 g/mol. The van der Waals surface area contributed by atoms with Gasteiger partial charge in [-0.3, -0.25) is 0 Å². The van der Waals surface area contributed by atoms with E-state index in [0.29, 0.717) is 0 Å². The fourth-order valence-corrected chi connectivity index (χ4v) is 4.32. The largest absolute Gasteiger partial charge is 0.319 e. The minimum Gasteiger partial charge on any atom is -0.319 e. The van der Waals surface area contributed by atoms with Crippen molar-refractivity contribution in [1.82, 2.24) is 5.32 Å². The highest BCUT2D eigenvalue weighted by molar-refractivity contribution is 7.99. The van der Waals surface area contributed by atoms with Crippen molar-refractivity contribution in [2.75, 3.05) is 19.3 Å². The quantitative estimate of drug-likeness (QED) is 0.827. The zero-order valence-corrected chi connectivity index (χ0v) is 12.6. The third-order valence-electron chi connectivity index (χ3n) is 3.71.